The number of ether oxygens (including phenoxy) is 2. The highest BCUT2D eigenvalue weighted by molar-refractivity contribution is 5.70. The van der Waals surface area contributed by atoms with Crippen LogP contribution in [0.3, 0.4) is 0 Å². The maximum absolute atomic E-state index is 12.3. The Morgan fingerprint density at radius 2 is 0.513 bits per heavy atom. The molecule has 0 aromatic carbocycles. The number of allylic oxidation sites excluding steroid dienone is 28. The molecule has 0 aromatic heterocycles. The molecule has 0 spiro atoms. The van der Waals surface area contributed by atoms with Crippen LogP contribution in [0.5, 0.6) is 0 Å². The standard InChI is InChI=1S/C73H116O5/c1-3-5-7-9-11-13-15-17-19-21-23-25-27-29-31-32-33-34-35-36-37-38-39-40-42-44-46-48-50-52-54-56-58-60-62-64-66-68-73(76)78-71(69-74)70-77-72(75)67-65-63-61-59-57-55-53-51-49-47-45-43-41-30-28-26-24-22-20-18-16-14-12-10-8-6-4-2/h5-8,11-14,17-20,23-26,29-31,33-34,36-37,39-41,44,46,71,74H,3-4,9-10,15-16,21-22,27-28,32,35,38,42-43,45,47-70H2,1-2H3/b7-5-,8-6-,13-11-,14-12-,19-17-,20-18-,25-23-,26-24-,31-29-,34-33-,37-36-,40-39-,41-30-,46-44-. The highest BCUT2D eigenvalue weighted by Gasteiger charge is 2.16. The molecule has 0 heterocycles. The minimum Gasteiger partial charge on any atom is -0.462 e. The van der Waals surface area contributed by atoms with E-state index in [9.17, 15) is 14.7 Å². The fourth-order valence-electron chi connectivity index (χ4n) is 8.34. The Hall–Kier alpha value is -4.74. The third-order valence-electron chi connectivity index (χ3n) is 13.0. The number of hydrogen-bond donors (Lipinski definition) is 1. The fourth-order valence-corrected chi connectivity index (χ4v) is 8.34. The van der Waals surface area contributed by atoms with Crippen molar-refractivity contribution in [3.05, 3.63) is 170 Å². The van der Waals surface area contributed by atoms with Gasteiger partial charge in [0.2, 0.25) is 0 Å². The number of carbonyl (C=O) groups excluding carboxylic acids is 2. The van der Waals surface area contributed by atoms with Gasteiger partial charge in [0, 0.05) is 12.8 Å². The molecular weight excluding hydrogens is 957 g/mol. The van der Waals surface area contributed by atoms with E-state index in [0.29, 0.717) is 12.8 Å². The molecule has 0 rings (SSSR count). The third-order valence-corrected chi connectivity index (χ3v) is 13.0. The second-order valence-corrected chi connectivity index (χ2v) is 20.4. The van der Waals surface area contributed by atoms with Gasteiger partial charge in [-0.3, -0.25) is 9.59 Å². The molecule has 1 unspecified atom stereocenters. The normalized spacial score (nSPS) is 13.4. The first-order chi connectivity index (χ1) is 38.6. The second-order valence-electron chi connectivity index (χ2n) is 20.4. The lowest BCUT2D eigenvalue weighted by Crippen LogP contribution is -2.28. The zero-order valence-corrected chi connectivity index (χ0v) is 50.1. The number of aliphatic hydroxyl groups is 1. The Bertz CT molecular complexity index is 1740. The van der Waals surface area contributed by atoms with Gasteiger partial charge in [0.1, 0.15) is 6.61 Å². The molecule has 0 aliphatic carbocycles. The van der Waals surface area contributed by atoms with Crippen molar-refractivity contribution in [1.82, 2.24) is 0 Å². The van der Waals surface area contributed by atoms with Crippen LogP contribution < -0.4 is 0 Å². The zero-order valence-electron chi connectivity index (χ0n) is 50.1. The summed E-state index contributed by atoms with van der Waals surface area (Å²) in [5, 5.41) is 9.68. The van der Waals surface area contributed by atoms with E-state index >= 15 is 0 Å². The van der Waals surface area contributed by atoms with Gasteiger partial charge in [-0.05, 0) is 128 Å². The van der Waals surface area contributed by atoms with E-state index in [0.717, 1.165) is 135 Å². The molecule has 438 valence electrons. The van der Waals surface area contributed by atoms with Crippen molar-refractivity contribution in [2.75, 3.05) is 13.2 Å². The predicted molar refractivity (Wildman–Crippen MR) is 343 cm³/mol. The zero-order chi connectivity index (χ0) is 56.2. The van der Waals surface area contributed by atoms with Crippen molar-refractivity contribution in [1.29, 1.82) is 0 Å². The van der Waals surface area contributed by atoms with Crippen molar-refractivity contribution in [3.8, 4) is 0 Å². The maximum atomic E-state index is 12.3. The largest absolute Gasteiger partial charge is 0.462 e. The third kappa shape index (κ3) is 63.8. The molecule has 0 aliphatic rings. The number of carbonyl (C=O) groups is 2. The number of hydrogen-bond acceptors (Lipinski definition) is 5. The number of aliphatic hydroxyl groups excluding tert-OH is 1. The SMILES string of the molecule is CC/C=C\C/C=C\C/C=C\C/C=C\C/C=C\C/C=C\C/C=C\C/C=C\C/C=C\CCCCCCCCCCCC(=O)OC(CO)COC(=O)CCCCCCCCCCCCC/C=C\C/C=C\C/C=C\C/C=C\C/C=C\CC. The highest BCUT2D eigenvalue weighted by atomic mass is 16.6. The topological polar surface area (TPSA) is 72.8 Å². The fraction of sp³-hybridized carbons (Fsp3) is 0.589. The molecule has 78 heavy (non-hydrogen) atoms. The number of esters is 2. The smallest absolute Gasteiger partial charge is 0.306 e. The monoisotopic (exact) mass is 1070 g/mol. The van der Waals surface area contributed by atoms with Crippen molar-refractivity contribution < 1.29 is 24.2 Å². The van der Waals surface area contributed by atoms with Gasteiger partial charge in [-0.1, -0.05) is 287 Å². The molecule has 0 aromatic rings. The van der Waals surface area contributed by atoms with E-state index in [1.54, 1.807) is 0 Å². The van der Waals surface area contributed by atoms with Crippen molar-refractivity contribution >= 4 is 11.9 Å². The Labute approximate surface area is 481 Å². The minimum atomic E-state index is -0.790. The van der Waals surface area contributed by atoms with Gasteiger partial charge in [-0.25, -0.2) is 0 Å². The molecular formula is C73H116O5. The summed E-state index contributed by atoms with van der Waals surface area (Å²) in [5.74, 6) is -0.609. The Morgan fingerprint density at radius 1 is 0.295 bits per heavy atom. The van der Waals surface area contributed by atoms with Gasteiger partial charge < -0.3 is 14.6 Å². The summed E-state index contributed by atoms with van der Waals surface area (Å²) in [5.41, 5.74) is 0. The second kappa shape index (κ2) is 66.5. The summed E-state index contributed by atoms with van der Waals surface area (Å²) in [6.45, 7) is 3.91. The number of unbranched alkanes of at least 4 members (excludes halogenated alkanes) is 20. The van der Waals surface area contributed by atoms with Crippen LogP contribution in [0, 0.1) is 0 Å². The van der Waals surface area contributed by atoms with Crippen LogP contribution in [0.25, 0.3) is 0 Å². The molecule has 0 radical (unpaired) electrons. The lowest BCUT2D eigenvalue weighted by molar-refractivity contribution is -0.161. The molecule has 0 saturated heterocycles. The van der Waals surface area contributed by atoms with Gasteiger partial charge in [-0.15, -0.1) is 0 Å². The van der Waals surface area contributed by atoms with Crippen molar-refractivity contribution in [2.24, 2.45) is 0 Å². The first-order valence-electron chi connectivity index (χ1n) is 31.7. The van der Waals surface area contributed by atoms with Crippen LogP contribution in [-0.4, -0.2) is 36.4 Å². The molecule has 0 bridgehead atoms. The first kappa shape index (κ1) is 73.3. The number of rotatable bonds is 56. The Kier molecular flexibility index (Phi) is 62.5. The van der Waals surface area contributed by atoms with E-state index in [1.165, 1.54) is 96.3 Å². The average molecular weight is 1070 g/mol. The van der Waals surface area contributed by atoms with Gasteiger partial charge in [0.15, 0.2) is 6.10 Å². The van der Waals surface area contributed by atoms with Gasteiger partial charge >= 0.3 is 11.9 Å². The van der Waals surface area contributed by atoms with Gasteiger partial charge in [0.05, 0.1) is 6.61 Å². The molecule has 0 fully saturated rings. The molecule has 0 aliphatic heterocycles. The van der Waals surface area contributed by atoms with E-state index in [2.05, 4.69) is 184 Å². The van der Waals surface area contributed by atoms with Crippen LogP contribution in [0.2, 0.25) is 0 Å². The van der Waals surface area contributed by atoms with Crippen LogP contribution in [0.1, 0.15) is 258 Å². The molecule has 5 heteroatoms. The Balaban J connectivity index is 3.58. The summed E-state index contributed by atoms with van der Waals surface area (Å²) in [6, 6.07) is 0. The lowest BCUT2D eigenvalue weighted by Gasteiger charge is -2.15. The molecule has 1 N–H and O–H groups in total. The first-order valence-corrected chi connectivity index (χ1v) is 31.7. The lowest BCUT2D eigenvalue weighted by atomic mass is 10.0. The minimum absolute atomic E-state index is 0.0795. The van der Waals surface area contributed by atoms with Gasteiger partial charge in [-0.2, -0.15) is 0 Å². The van der Waals surface area contributed by atoms with Gasteiger partial charge in [0.25, 0.3) is 0 Å². The highest BCUT2D eigenvalue weighted by Crippen LogP contribution is 2.15. The maximum Gasteiger partial charge on any atom is 0.306 e. The predicted octanol–water partition coefficient (Wildman–Crippen LogP) is 22.1. The molecule has 0 saturated carbocycles. The molecule has 0 amide bonds. The summed E-state index contributed by atoms with van der Waals surface area (Å²) >= 11 is 0. The quantitative estimate of drug-likeness (QED) is 0.0373. The van der Waals surface area contributed by atoms with Crippen LogP contribution in [-0.2, 0) is 19.1 Å². The van der Waals surface area contributed by atoms with E-state index in [-0.39, 0.29) is 25.2 Å². The summed E-state index contributed by atoms with van der Waals surface area (Å²) in [7, 11) is 0. The summed E-state index contributed by atoms with van der Waals surface area (Å²) in [4.78, 5) is 24.6. The summed E-state index contributed by atoms with van der Waals surface area (Å²) < 4.78 is 10.7. The molecule has 1 atom stereocenters. The molecule has 5 nitrogen and oxygen atoms in total. The average Bonchev–Trinajstić information content (AvgIpc) is 3.44. The van der Waals surface area contributed by atoms with E-state index < -0.39 is 6.10 Å². The van der Waals surface area contributed by atoms with Crippen LogP contribution >= 0.6 is 0 Å². The van der Waals surface area contributed by atoms with Crippen molar-refractivity contribution in [3.63, 3.8) is 0 Å². The van der Waals surface area contributed by atoms with Crippen molar-refractivity contribution in [2.45, 2.75) is 264 Å². The van der Waals surface area contributed by atoms with E-state index in [1.807, 2.05) is 0 Å². The Morgan fingerprint density at radius 3 is 0.769 bits per heavy atom. The van der Waals surface area contributed by atoms with Crippen LogP contribution in [0.15, 0.2) is 170 Å². The summed E-state index contributed by atoms with van der Waals surface area (Å²) in [6.07, 6.45) is 103. The van der Waals surface area contributed by atoms with Crippen LogP contribution in [0.4, 0.5) is 0 Å². The van der Waals surface area contributed by atoms with E-state index in [4.69, 9.17) is 9.47 Å².